The zero-order valence-electron chi connectivity index (χ0n) is 19.1. The van der Waals surface area contributed by atoms with Gasteiger partial charge in [-0.15, -0.1) is 0 Å². The summed E-state index contributed by atoms with van der Waals surface area (Å²) >= 11 is 0. The van der Waals surface area contributed by atoms with Crippen LogP contribution in [0.25, 0.3) is 11.1 Å². The van der Waals surface area contributed by atoms with Gasteiger partial charge in [0.25, 0.3) is 0 Å². The number of hydrogen-bond acceptors (Lipinski definition) is 5. The van der Waals surface area contributed by atoms with E-state index in [1.54, 1.807) is 20.3 Å². The minimum Gasteiger partial charge on any atom is -0.504 e. The number of carbonyl (C=O) groups is 1. The summed E-state index contributed by atoms with van der Waals surface area (Å²) in [4.78, 5) is 15.5. The number of nitrogens with one attached hydrogen (secondary N) is 1. The van der Waals surface area contributed by atoms with Crippen molar-refractivity contribution in [2.45, 2.75) is 19.4 Å². The molecule has 4 rings (SSSR count). The van der Waals surface area contributed by atoms with Crippen LogP contribution in [0.1, 0.15) is 18.4 Å². The number of likely N-dealkylation sites (tertiary alicyclic amines) is 1. The first-order valence-corrected chi connectivity index (χ1v) is 11.2. The van der Waals surface area contributed by atoms with Gasteiger partial charge in [-0.1, -0.05) is 36.4 Å². The van der Waals surface area contributed by atoms with Crippen molar-refractivity contribution in [3.05, 3.63) is 72.3 Å². The van der Waals surface area contributed by atoms with Crippen molar-refractivity contribution >= 4 is 11.6 Å². The van der Waals surface area contributed by atoms with Gasteiger partial charge in [0.2, 0.25) is 5.91 Å². The first kappa shape index (κ1) is 22.7. The lowest BCUT2D eigenvalue weighted by molar-refractivity contribution is -0.121. The number of rotatable bonds is 7. The number of phenolic OH excluding ortho intramolecular Hbond substituents is 1. The lowest BCUT2D eigenvalue weighted by atomic mass is 9.96. The highest BCUT2D eigenvalue weighted by Gasteiger charge is 2.26. The average Bonchev–Trinajstić information content (AvgIpc) is 2.86. The van der Waals surface area contributed by atoms with E-state index in [-0.39, 0.29) is 17.6 Å². The van der Waals surface area contributed by atoms with E-state index in [1.807, 2.05) is 60.7 Å². The highest BCUT2D eigenvalue weighted by Crippen LogP contribution is 2.31. The second-order valence-electron chi connectivity index (χ2n) is 8.34. The second kappa shape index (κ2) is 10.4. The van der Waals surface area contributed by atoms with Gasteiger partial charge >= 0.3 is 0 Å². The van der Waals surface area contributed by atoms with Crippen LogP contribution in [-0.4, -0.2) is 43.2 Å². The van der Waals surface area contributed by atoms with Gasteiger partial charge in [-0.2, -0.15) is 0 Å². The lowest BCUT2D eigenvalue weighted by Gasteiger charge is -2.32. The Balaban J connectivity index is 1.43. The topological polar surface area (TPSA) is 71.0 Å². The Bertz CT molecular complexity index is 1100. The quantitative estimate of drug-likeness (QED) is 0.539. The van der Waals surface area contributed by atoms with Crippen molar-refractivity contribution in [1.82, 2.24) is 4.90 Å². The van der Waals surface area contributed by atoms with Crippen LogP contribution in [0.4, 0.5) is 5.69 Å². The zero-order chi connectivity index (χ0) is 23.2. The first-order chi connectivity index (χ1) is 16.1. The third kappa shape index (κ3) is 5.46. The lowest BCUT2D eigenvalue weighted by Crippen LogP contribution is -2.40. The molecular formula is C27H30N2O4. The number of amides is 1. The number of carbonyl (C=O) groups excluding carboxylic acids is 1. The Morgan fingerprint density at radius 3 is 2.61 bits per heavy atom. The van der Waals surface area contributed by atoms with E-state index in [0.717, 1.165) is 47.5 Å². The summed E-state index contributed by atoms with van der Waals surface area (Å²) in [5, 5.41) is 13.0. The maximum atomic E-state index is 13.2. The number of piperidine rings is 1. The molecule has 0 unspecified atom stereocenters. The molecule has 3 aromatic rings. The summed E-state index contributed by atoms with van der Waals surface area (Å²) in [7, 11) is 3.19. The molecule has 6 nitrogen and oxygen atoms in total. The van der Waals surface area contributed by atoms with Crippen LogP contribution >= 0.6 is 0 Å². The molecule has 1 aliphatic heterocycles. The number of phenols is 1. The van der Waals surface area contributed by atoms with Crippen molar-refractivity contribution < 1.29 is 19.4 Å². The van der Waals surface area contributed by atoms with E-state index in [1.165, 1.54) is 0 Å². The van der Waals surface area contributed by atoms with Crippen LogP contribution in [0.3, 0.4) is 0 Å². The van der Waals surface area contributed by atoms with Crippen LogP contribution < -0.4 is 14.8 Å². The van der Waals surface area contributed by atoms with Crippen molar-refractivity contribution in [3.8, 4) is 28.4 Å². The number of para-hydroxylation sites is 1. The van der Waals surface area contributed by atoms with E-state index in [4.69, 9.17) is 9.47 Å². The fourth-order valence-electron chi connectivity index (χ4n) is 4.34. The highest BCUT2D eigenvalue weighted by molar-refractivity contribution is 5.97. The zero-order valence-corrected chi connectivity index (χ0v) is 19.1. The predicted molar refractivity (Wildman–Crippen MR) is 130 cm³/mol. The Hall–Kier alpha value is -3.51. The maximum absolute atomic E-state index is 13.2. The molecular weight excluding hydrogens is 416 g/mol. The molecule has 1 saturated heterocycles. The van der Waals surface area contributed by atoms with E-state index < -0.39 is 0 Å². The molecule has 1 atom stereocenters. The number of methoxy groups -OCH3 is 2. The molecule has 0 aliphatic carbocycles. The van der Waals surface area contributed by atoms with Crippen LogP contribution in [0, 0.1) is 5.92 Å². The van der Waals surface area contributed by atoms with E-state index in [9.17, 15) is 9.90 Å². The molecule has 1 fully saturated rings. The molecule has 0 saturated carbocycles. The molecule has 1 amide bonds. The standard InChI is InChI=1S/C27H30N2O4/c1-32-22-12-10-20(11-13-22)23-7-3-4-8-24(23)28-27(31)21-6-5-15-29(18-21)17-19-9-14-25(30)26(16-19)33-2/h3-4,7-14,16,21,30H,5-6,15,17-18H2,1-2H3,(H,28,31)/t21-/m0/s1. The van der Waals surface area contributed by atoms with Gasteiger partial charge in [-0.05, 0) is 60.8 Å². The molecule has 0 bridgehead atoms. The minimum absolute atomic E-state index is 0.0453. The molecule has 1 aliphatic rings. The van der Waals surface area contributed by atoms with Crippen LogP contribution in [0.5, 0.6) is 17.2 Å². The van der Waals surface area contributed by atoms with Gasteiger partial charge in [0.05, 0.1) is 20.1 Å². The molecule has 33 heavy (non-hydrogen) atoms. The Morgan fingerprint density at radius 1 is 1.06 bits per heavy atom. The van der Waals surface area contributed by atoms with Gasteiger partial charge in [-0.3, -0.25) is 9.69 Å². The summed E-state index contributed by atoms with van der Waals surface area (Å²) < 4.78 is 10.5. The summed E-state index contributed by atoms with van der Waals surface area (Å²) in [6.07, 6.45) is 1.83. The van der Waals surface area contributed by atoms with Crippen molar-refractivity contribution in [1.29, 1.82) is 0 Å². The third-order valence-corrected chi connectivity index (χ3v) is 6.11. The van der Waals surface area contributed by atoms with Gasteiger partial charge in [-0.25, -0.2) is 0 Å². The summed E-state index contributed by atoms with van der Waals surface area (Å²) in [5.74, 6) is 1.36. The molecule has 0 aromatic heterocycles. The highest BCUT2D eigenvalue weighted by atomic mass is 16.5. The predicted octanol–water partition coefficient (Wildman–Crippen LogP) is 4.93. The number of aromatic hydroxyl groups is 1. The monoisotopic (exact) mass is 446 g/mol. The molecule has 0 spiro atoms. The Kier molecular flexibility index (Phi) is 7.15. The van der Waals surface area contributed by atoms with Gasteiger partial charge in [0.15, 0.2) is 11.5 Å². The SMILES string of the molecule is COc1ccc(-c2ccccc2NC(=O)[C@H]2CCCN(Cc3ccc(O)c(OC)c3)C2)cc1. The fraction of sp³-hybridized carbons (Fsp3) is 0.296. The number of benzene rings is 3. The van der Waals surface area contributed by atoms with E-state index >= 15 is 0 Å². The van der Waals surface area contributed by atoms with Crippen LogP contribution in [0.15, 0.2) is 66.7 Å². The van der Waals surface area contributed by atoms with Crippen LogP contribution in [-0.2, 0) is 11.3 Å². The average molecular weight is 447 g/mol. The molecule has 1 heterocycles. The summed E-state index contributed by atoms with van der Waals surface area (Å²) in [6.45, 7) is 2.35. The minimum atomic E-state index is -0.0818. The summed E-state index contributed by atoms with van der Waals surface area (Å²) in [5.41, 5.74) is 3.87. The fourth-order valence-corrected chi connectivity index (χ4v) is 4.34. The van der Waals surface area contributed by atoms with E-state index in [0.29, 0.717) is 18.8 Å². The molecule has 3 aromatic carbocycles. The number of hydrogen-bond donors (Lipinski definition) is 2. The Labute approximate surface area is 194 Å². The molecule has 0 radical (unpaired) electrons. The molecule has 2 N–H and O–H groups in total. The largest absolute Gasteiger partial charge is 0.504 e. The third-order valence-electron chi connectivity index (χ3n) is 6.11. The second-order valence-corrected chi connectivity index (χ2v) is 8.34. The maximum Gasteiger partial charge on any atom is 0.228 e. The van der Waals surface area contributed by atoms with Crippen LogP contribution in [0.2, 0.25) is 0 Å². The molecule has 6 heteroatoms. The smallest absolute Gasteiger partial charge is 0.228 e. The van der Waals surface area contributed by atoms with Gasteiger partial charge < -0.3 is 19.9 Å². The van der Waals surface area contributed by atoms with E-state index in [2.05, 4.69) is 10.2 Å². The summed E-state index contributed by atoms with van der Waals surface area (Å²) in [6, 6.07) is 21.1. The van der Waals surface area contributed by atoms with Crippen molar-refractivity contribution in [2.24, 2.45) is 5.92 Å². The number of anilines is 1. The van der Waals surface area contributed by atoms with Crippen molar-refractivity contribution in [2.75, 3.05) is 32.6 Å². The number of nitrogens with zero attached hydrogens (tertiary/aromatic N) is 1. The molecule has 172 valence electrons. The van der Waals surface area contributed by atoms with Crippen molar-refractivity contribution in [3.63, 3.8) is 0 Å². The Morgan fingerprint density at radius 2 is 1.85 bits per heavy atom. The normalized spacial score (nSPS) is 16.2. The van der Waals surface area contributed by atoms with Gasteiger partial charge in [0, 0.05) is 24.3 Å². The number of ether oxygens (including phenoxy) is 2. The van der Waals surface area contributed by atoms with Gasteiger partial charge in [0.1, 0.15) is 5.75 Å². The first-order valence-electron chi connectivity index (χ1n) is 11.2.